The lowest BCUT2D eigenvalue weighted by Gasteiger charge is -2.37. The third kappa shape index (κ3) is 3.15. The average Bonchev–Trinajstić information content (AvgIpc) is 3.46. The molecular formula is C27H26F2N6O. The number of fused-ring (bicyclic) bond motifs is 5. The summed E-state index contributed by atoms with van der Waals surface area (Å²) in [6.45, 7) is 6.11. The van der Waals surface area contributed by atoms with Crippen LogP contribution in [0.3, 0.4) is 0 Å². The molecule has 1 saturated carbocycles. The molecule has 6 rings (SSSR count). The molecule has 9 heteroatoms. The number of aromatic nitrogens is 6. The second-order valence-electron chi connectivity index (χ2n) is 10.4. The van der Waals surface area contributed by atoms with E-state index in [0.717, 1.165) is 29.8 Å². The van der Waals surface area contributed by atoms with E-state index in [-0.39, 0.29) is 22.6 Å². The topological polar surface area (TPSA) is 100 Å². The highest BCUT2D eigenvalue weighted by molar-refractivity contribution is 5.64. The summed E-state index contributed by atoms with van der Waals surface area (Å²) in [4.78, 5) is 9.50. The van der Waals surface area contributed by atoms with Gasteiger partial charge in [0.1, 0.15) is 23.2 Å². The lowest BCUT2D eigenvalue weighted by molar-refractivity contribution is 0.193. The first-order chi connectivity index (χ1) is 17.2. The first-order valence-corrected chi connectivity index (χ1v) is 12.1. The van der Waals surface area contributed by atoms with Crippen molar-refractivity contribution in [2.24, 2.45) is 5.41 Å². The van der Waals surface area contributed by atoms with Crippen LogP contribution in [0.2, 0.25) is 0 Å². The standard InChI is InChI=1S/C27H26F2N6O/c1-14(36)12-22-31-25(35-33-22)19-8-5-9-21(30-19)27-11-10-16(26(27,2)3)15-13-20(32-34-24(15)27)23-17(28)6-4-7-18(23)29/h4-9,13-14,16,36H,10-12H2,1-3H3,(H,31,33,35)/t14-,16-,27+/m0/s1. The maximum absolute atomic E-state index is 14.5. The van der Waals surface area contributed by atoms with Crippen molar-refractivity contribution in [3.05, 3.63) is 76.9 Å². The van der Waals surface area contributed by atoms with Crippen molar-refractivity contribution >= 4 is 0 Å². The highest BCUT2D eigenvalue weighted by atomic mass is 19.1. The Labute approximate surface area is 207 Å². The van der Waals surface area contributed by atoms with E-state index in [9.17, 15) is 13.9 Å². The van der Waals surface area contributed by atoms with E-state index in [1.165, 1.54) is 18.2 Å². The number of nitrogens with zero attached hydrogens (tertiary/aromatic N) is 5. The number of aromatic amines is 1. The van der Waals surface area contributed by atoms with E-state index in [2.05, 4.69) is 39.2 Å². The normalized spacial score (nSPS) is 22.6. The molecule has 3 atom stereocenters. The van der Waals surface area contributed by atoms with Gasteiger partial charge in [-0.1, -0.05) is 26.0 Å². The number of benzene rings is 1. The fraction of sp³-hybridized carbons (Fsp3) is 0.370. The zero-order chi connectivity index (χ0) is 25.2. The Hall–Kier alpha value is -3.59. The fourth-order valence-electron chi connectivity index (χ4n) is 6.33. The van der Waals surface area contributed by atoms with Gasteiger partial charge in [-0.05, 0) is 67.0 Å². The molecule has 2 aliphatic rings. The molecule has 2 N–H and O–H groups in total. The van der Waals surface area contributed by atoms with Gasteiger partial charge in [0.2, 0.25) is 0 Å². The Morgan fingerprint density at radius 1 is 1.06 bits per heavy atom. The number of H-pyrrole nitrogens is 1. The second-order valence-corrected chi connectivity index (χ2v) is 10.4. The van der Waals surface area contributed by atoms with Crippen LogP contribution in [0.15, 0.2) is 42.5 Å². The molecule has 2 aliphatic carbocycles. The van der Waals surface area contributed by atoms with E-state index in [1.807, 2.05) is 18.2 Å². The maximum atomic E-state index is 14.5. The second kappa shape index (κ2) is 7.96. The summed E-state index contributed by atoms with van der Waals surface area (Å²) >= 11 is 0. The van der Waals surface area contributed by atoms with Crippen LogP contribution >= 0.6 is 0 Å². The molecule has 184 valence electrons. The monoisotopic (exact) mass is 488 g/mol. The summed E-state index contributed by atoms with van der Waals surface area (Å²) in [5, 5.41) is 25.7. The highest BCUT2D eigenvalue weighted by Crippen LogP contribution is 2.69. The molecule has 7 nitrogen and oxygen atoms in total. The number of hydrogen-bond acceptors (Lipinski definition) is 6. The Kier molecular flexibility index (Phi) is 5.05. The Bertz CT molecular complexity index is 1460. The minimum absolute atomic E-state index is 0.153. The van der Waals surface area contributed by atoms with E-state index in [4.69, 9.17) is 4.98 Å². The van der Waals surface area contributed by atoms with Crippen molar-refractivity contribution in [1.29, 1.82) is 0 Å². The summed E-state index contributed by atoms with van der Waals surface area (Å²) in [6.07, 6.45) is 1.60. The van der Waals surface area contributed by atoms with Crippen LogP contribution in [0.1, 0.15) is 62.3 Å². The van der Waals surface area contributed by atoms with E-state index >= 15 is 0 Å². The Morgan fingerprint density at radius 2 is 1.81 bits per heavy atom. The van der Waals surface area contributed by atoms with Gasteiger partial charge in [-0.25, -0.2) is 18.7 Å². The van der Waals surface area contributed by atoms with Gasteiger partial charge in [-0.3, -0.25) is 5.10 Å². The molecule has 1 aromatic carbocycles. The van der Waals surface area contributed by atoms with Crippen LogP contribution in [0, 0.1) is 17.0 Å². The molecule has 0 saturated heterocycles. The zero-order valence-corrected chi connectivity index (χ0v) is 20.3. The number of halogens is 2. The predicted octanol–water partition coefficient (Wildman–Crippen LogP) is 4.73. The van der Waals surface area contributed by atoms with Crippen molar-refractivity contribution in [2.75, 3.05) is 0 Å². The number of rotatable bonds is 5. The third-order valence-corrected chi connectivity index (χ3v) is 8.04. The van der Waals surface area contributed by atoms with Gasteiger partial charge >= 0.3 is 0 Å². The molecule has 1 fully saturated rings. The molecule has 3 aromatic heterocycles. The first kappa shape index (κ1) is 22.8. The van der Waals surface area contributed by atoms with Crippen molar-refractivity contribution in [3.8, 4) is 22.8 Å². The van der Waals surface area contributed by atoms with Crippen molar-refractivity contribution < 1.29 is 13.9 Å². The van der Waals surface area contributed by atoms with Gasteiger partial charge in [0.05, 0.1) is 34.2 Å². The fourth-order valence-corrected chi connectivity index (χ4v) is 6.33. The van der Waals surface area contributed by atoms with Gasteiger partial charge in [-0.15, -0.1) is 5.10 Å². The van der Waals surface area contributed by atoms with Crippen LogP contribution in [-0.2, 0) is 11.8 Å². The minimum Gasteiger partial charge on any atom is -0.393 e. The molecular weight excluding hydrogens is 462 g/mol. The van der Waals surface area contributed by atoms with Crippen LogP contribution in [0.25, 0.3) is 22.8 Å². The first-order valence-electron chi connectivity index (χ1n) is 12.1. The smallest absolute Gasteiger partial charge is 0.199 e. The van der Waals surface area contributed by atoms with Crippen LogP contribution in [0.4, 0.5) is 8.78 Å². The number of aliphatic hydroxyl groups is 1. The molecule has 3 heterocycles. The van der Waals surface area contributed by atoms with Gasteiger partial charge in [0.25, 0.3) is 0 Å². The minimum atomic E-state index is -0.655. The predicted molar refractivity (Wildman–Crippen MR) is 129 cm³/mol. The number of pyridine rings is 1. The Morgan fingerprint density at radius 3 is 2.56 bits per heavy atom. The lowest BCUT2D eigenvalue weighted by atomic mass is 9.66. The molecule has 0 unspecified atom stereocenters. The van der Waals surface area contributed by atoms with E-state index in [0.29, 0.717) is 23.8 Å². The molecule has 36 heavy (non-hydrogen) atoms. The third-order valence-electron chi connectivity index (χ3n) is 8.04. The zero-order valence-electron chi connectivity index (χ0n) is 20.3. The quantitative estimate of drug-likeness (QED) is 0.421. The molecule has 0 radical (unpaired) electrons. The van der Waals surface area contributed by atoms with Gasteiger partial charge in [0, 0.05) is 6.42 Å². The van der Waals surface area contributed by atoms with Crippen LogP contribution in [0.5, 0.6) is 0 Å². The maximum Gasteiger partial charge on any atom is 0.199 e. The van der Waals surface area contributed by atoms with Crippen LogP contribution in [-0.4, -0.2) is 41.6 Å². The summed E-state index contributed by atoms with van der Waals surface area (Å²) in [7, 11) is 0. The summed E-state index contributed by atoms with van der Waals surface area (Å²) in [5.74, 6) is -0.0971. The van der Waals surface area contributed by atoms with E-state index < -0.39 is 23.2 Å². The molecule has 0 spiro atoms. The van der Waals surface area contributed by atoms with Gasteiger partial charge in [-0.2, -0.15) is 10.2 Å². The number of nitrogens with one attached hydrogen (secondary N) is 1. The molecule has 0 amide bonds. The average molecular weight is 489 g/mol. The summed E-state index contributed by atoms with van der Waals surface area (Å²) in [5.41, 5.74) is 2.59. The van der Waals surface area contributed by atoms with Crippen molar-refractivity contribution in [3.63, 3.8) is 0 Å². The van der Waals surface area contributed by atoms with Gasteiger partial charge < -0.3 is 5.11 Å². The molecule has 2 bridgehead atoms. The lowest BCUT2D eigenvalue weighted by Crippen LogP contribution is -2.37. The molecule has 0 aliphatic heterocycles. The van der Waals surface area contributed by atoms with Crippen molar-refractivity contribution in [1.82, 2.24) is 30.4 Å². The Balaban J connectivity index is 1.46. The summed E-state index contributed by atoms with van der Waals surface area (Å²) in [6, 6.07) is 11.4. The van der Waals surface area contributed by atoms with Gasteiger partial charge in [0.15, 0.2) is 5.82 Å². The number of aliphatic hydroxyl groups excluding tert-OH is 1. The highest BCUT2D eigenvalue weighted by Gasteiger charge is 2.65. The number of hydrogen-bond donors (Lipinski definition) is 2. The summed E-state index contributed by atoms with van der Waals surface area (Å²) < 4.78 is 29.0. The van der Waals surface area contributed by atoms with Crippen LogP contribution < -0.4 is 0 Å². The van der Waals surface area contributed by atoms with Crippen molar-refractivity contribution in [2.45, 2.75) is 57.5 Å². The largest absolute Gasteiger partial charge is 0.393 e. The molecule has 4 aromatic rings. The van der Waals surface area contributed by atoms with E-state index in [1.54, 1.807) is 13.0 Å². The SMILES string of the molecule is C[C@H](O)Cc1nc(-c2cccc([C@]34CC[C@@H](c5cc(-c6c(F)cccc6F)nnc53)C4(C)C)n2)n[nH]1.